The van der Waals surface area contributed by atoms with Crippen LogP contribution in [-0.2, 0) is 21.2 Å². The second-order valence-corrected chi connectivity index (χ2v) is 10.5. The Hall–Kier alpha value is -2.74. The topological polar surface area (TPSA) is 96.4 Å². The number of nitrogens with one attached hydrogen (secondary N) is 1. The Labute approximate surface area is 206 Å². The molecular weight excluding hydrogens is 472 g/mol. The van der Waals surface area contributed by atoms with Gasteiger partial charge in [0.1, 0.15) is 5.50 Å². The van der Waals surface area contributed by atoms with E-state index in [2.05, 4.69) is 16.6 Å². The molecule has 3 atom stereocenters. The zero-order valence-electron chi connectivity index (χ0n) is 19.0. The maximum Gasteiger partial charge on any atom is 0.303 e. The van der Waals surface area contributed by atoms with Gasteiger partial charge in [-0.15, -0.1) is 11.6 Å². The maximum atomic E-state index is 12.9. The number of hydrogen-bond acceptors (Lipinski definition) is 4. The predicted octanol–water partition coefficient (Wildman–Crippen LogP) is 5.31. The van der Waals surface area contributed by atoms with E-state index in [1.54, 1.807) is 24.4 Å². The van der Waals surface area contributed by atoms with Crippen LogP contribution in [0.3, 0.4) is 0 Å². The quantitative estimate of drug-likeness (QED) is 0.259. The highest BCUT2D eigenvalue weighted by Crippen LogP contribution is 2.32. The fraction of sp³-hybridized carbons (Fsp3) is 0.308. The lowest BCUT2D eigenvalue weighted by Crippen LogP contribution is -2.35. The van der Waals surface area contributed by atoms with E-state index in [4.69, 9.17) is 16.7 Å². The van der Waals surface area contributed by atoms with Crippen LogP contribution >= 0.6 is 11.6 Å². The molecule has 0 saturated carbocycles. The van der Waals surface area contributed by atoms with Gasteiger partial charge in [0.2, 0.25) is 10.0 Å². The number of sulfonamides is 1. The molecule has 0 spiro atoms. The number of hydrogen-bond donors (Lipinski definition) is 2. The van der Waals surface area contributed by atoms with E-state index in [0.29, 0.717) is 12.8 Å². The number of aliphatic carboxylic acids is 1. The summed E-state index contributed by atoms with van der Waals surface area (Å²) in [6.45, 7) is 2.11. The van der Waals surface area contributed by atoms with Crippen molar-refractivity contribution in [1.29, 1.82) is 0 Å². The number of carboxylic acid groups (broad SMARTS) is 1. The van der Waals surface area contributed by atoms with Crippen molar-refractivity contribution in [3.63, 3.8) is 0 Å². The van der Waals surface area contributed by atoms with Gasteiger partial charge in [0.25, 0.3) is 0 Å². The van der Waals surface area contributed by atoms with Crippen molar-refractivity contribution in [2.24, 2.45) is 0 Å². The van der Waals surface area contributed by atoms with Gasteiger partial charge in [-0.3, -0.25) is 9.78 Å². The van der Waals surface area contributed by atoms with E-state index < -0.39 is 21.5 Å². The lowest BCUT2D eigenvalue weighted by atomic mass is 9.88. The molecule has 6 nitrogen and oxygen atoms in total. The lowest BCUT2D eigenvalue weighted by Gasteiger charge is -2.25. The molecule has 180 valence electrons. The molecule has 0 aliphatic rings. The number of aromatic nitrogens is 1. The van der Waals surface area contributed by atoms with Crippen molar-refractivity contribution in [2.75, 3.05) is 0 Å². The fourth-order valence-corrected chi connectivity index (χ4v) is 5.56. The third-order valence-electron chi connectivity index (χ3n) is 5.87. The minimum absolute atomic E-state index is 0.0560. The SMILES string of the molecule is CC(CCC(c1ccc(CCC(=O)O)cc1)C(Cl)NS(=O)(=O)c1ccccc1)c1cccnc1. The molecule has 0 amide bonds. The standard InChI is InChI=1S/C26H29ClN2O4S/c1-19(22-6-5-17-28-18-22)9-15-24(21-13-10-20(11-14-21)12-16-25(30)31)26(27)29-34(32,33)23-7-3-2-4-8-23/h2-8,10-11,13-14,17-19,24,26,29H,9,12,15-16H2,1H3,(H,30,31). The van der Waals surface area contributed by atoms with Crippen molar-refractivity contribution in [3.05, 3.63) is 95.8 Å². The average Bonchev–Trinajstić information content (AvgIpc) is 2.84. The maximum absolute atomic E-state index is 12.9. The Morgan fingerprint density at radius 1 is 1.00 bits per heavy atom. The summed E-state index contributed by atoms with van der Waals surface area (Å²) < 4.78 is 28.4. The first-order valence-electron chi connectivity index (χ1n) is 11.2. The first-order valence-corrected chi connectivity index (χ1v) is 13.1. The van der Waals surface area contributed by atoms with E-state index >= 15 is 0 Å². The van der Waals surface area contributed by atoms with Gasteiger partial charge in [-0.25, -0.2) is 8.42 Å². The number of carboxylic acids is 1. The molecule has 0 saturated heterocycles. The van der Waals surface area contributed by atoms with E-state index in [0.717, 1.165) is 23.1 Å². The lowest BCUT2D eigenvalue weighted by molar-refractivity contribution is -0.136. The molecule has 0 bridgehead atoms. The van der Waals surface area contributed by atoms with Crippen molar-refractivity contribution in [1.82, 2.24) is 9.71 Å². The zero-order chi connectivity index (χ0) is 24.6. The van der Waals surface area contributed by atoms with Crippen LogP contribution in [0.4, 0.5) is 0 Å². The van der Waals surface area contributed by atoms with Crippen LogP contribution in [0.25, 0.3) is 0 Å². The summed E-state index contributed by atoms with van der Waals surface area (Å²) >= 11 is 6.71. The van der Waals surface area contributed by atoms with Crippen LogP contribution in [0, 0.1) is 0 Å². The second kappa shape index (κ2) is 12.1. The molecule has 34 heavy (non-hydrogen) atoms. The van der Waals surface area contributed by atoms with E-state index in [1.807, 2.05) is 42.6 Å². The first-order chi connectivity index (χ1) is 16.3. The van der Waals surface area contributed by atoms with Crippen molar-refractivity contribution in [3.8, 4) is 0 Å². The number of halogens is 1. The van der Waals surface area contributed by atoms with E-state index in [-0.39, 0.29) is 23.2 Å². The summed E-state index contributed by atoms with van der Waals surface area (Å²) in [6, 6.07) is 19.7. The Balaban J connectivity index is 1.79. The summed E-state index contributed by atoms with van der Waals surface area (Å²) in [6.07, 6.45) is 5.50. The van der Waals surface area contributed by atoms with Gasteiger partial charge in [-0.2, -0.15) is 4.72 Å². The molecule has 0 fully saturated rings. The second-order valence-electron chi connectivity index (χ2n) is 8.34. The molecule has 0 aliphatic carbocycles. The van der Waals surface area contributed by atoms with Crippen molar-refractivity contribution in [2.45, 2.75) is 54.8 Å². The molecule has 1 heterocycles. The van der Waals surface area contributed by atoms with Gasteiger partial charge < -0.3 is 5.11 Å². The van der Waals surface area contributed by atoms with Crippen LogP contribution in [0.2, 0.25) is 0 Å². The van der Waals surface area contributed by atoms with Gasteiger partial charge >= 0.3 is 5.97 Å². The van der Waals surface area contributed by atoms with Crippen molar-refractivity contribution < 1.29 is 18.3 Å². The Morgan fingerprint density at radius 3 is 2.32 bits per heavy atom. The number of aryl methyl sites for hydroxylation is 1. The van der Waals surface area contributed by atoms with Gasteiger partial charge in [0.15, 0.2) is 0 Å². The molecule has 2 N–H and O–H groups in total. The Bertz CT molecular complexity index is 1160. The minimum atomic E-state index is -3.79. The molecule has 2 aromatic carbocycles. The first kappa shape index (κ1) is 25.9. The normalized spacial score (nSPS) is 14.3. The number of pyridine rings is 1. The minimum Gasteiger partial charge on any atom is -0.481 e. The highest BCUT2D eigenvalue weighted by atomic mass is 35.5. The van der Waals surface area contributed by atoms with E-state index in [9.17, 15) is 13.2 Å². The largest absolute Gasteiger partial charge is 0.481 e. The summed E-state index contributed by atoms with van der Waals surface area (Å²) in [5, 5.41) is 8.92. The molecule has 3 aromatic rings. The summed E-state index contributed by atoms with van der Waals surface area (Å²) in [5.41, 5.74) is 2.05. The number of carbonyl (C=O) groups is 1. The monoisotopic (exact) mass is 500 g/mol. The number of alkyl halides is 1. The fourth-order valence-electron chi connectivity index (χ4n) is 3.83. The number of benzene rings is 2. The highest BCUT2D eigenvalue weighted by molar-refractivity contribution is 7.89. The number of rotatable bonds is 12. The molecule has 3 rings (SSSR count). The summed E-state index contributed by atoms with van der Waals surface area (Å²) in [7, 11) is -3.79. The third-order valence-corrected chi connectivity index (χ3v) is 7.87. The van der Waals surface area contributed by atoms with Gasteiger partial charge in [0, 0.05) is 24.7 Å². The molecule has 3 unspecified atom stereocenters. The smallest absolute Gasteiger partial charge is 0.303 e. The van der Waals surface area contributed by atoms with Crippen LogP contribution < -0.4 is 4.72 Å². The molecule has 8 heteroatoms. The molecule has 0 radical (unpaired) electrons. The van der Waals surface area contributed by atoms with Crippen LogP contribution in [0.1, 0.15) is 54.7 Å². The van der Waals surface area contributed by atoms with Crippen LogP contribution in [0.5, 0.6) is 0 Å². The summed E-state index contributed by atoms with van der Waals surface area (Å²) in [4.78, 5) is 15.2. The Kier molecular flexibility index (Phi) is 9.21. The number of nitrogens with zero attached hydrogens (tertiary/aromatic N) is 1. The van der Waals surface area contributed by atoms with Crippen LogP contribution in [-0.4, -0.2) is 30.0 Å². The van der Waals surface area contributed by atoms with Gasteiger partial charge in [-0.05, 0) is 60.1 Å². The highest BCUT2D eigenvalue weighted by Gasteiger charge is 2.27. The van der Waals surface area contributed by atoms with Crippen LogP contribution in [0.15, 0.2) is 84.0 Å². The summed E-state index contributed by atoms with van der Waals surface area (Å²) in [5.74, 6) is -0.907. The van der Waals surface area contributed by atoms with Gasteiger partial charge in [0.05, 0.1) is 4.90 Å². The zero-order valence-corrected chi connectivity index (χ0v) is 20.5. The van der Waals surface area contributed by atoms with E-state index in [1.165, 1.54) is 12.1 Å². The van der Waals surface area contributed by atoms with Crippen molar-refractivity contribution >= 4 is 27.6 Å². The average molecular weight is 501 g/mol. The Morgan fingerprint density at radius 2 is 1.71 bits per heavy atom. The third kappa shape index (κ3) is 7.38. The van der Waals surface area contributed by atoms with Gasteiger partial charge in [-0.1, -0.05) is 55.5 Å². The molecule has 0 aliphatic heterocycles. The predicted molar refractivity (Wildman–Crippen MR) is 133 cm³/mol. The molecule has 1 aromatic heterocycles. The molecular formula is C26H29ClN2O4S.